The molecule has 2 rings (SSSR count). The molecular weight excluding hydrogens is 380 g/mol. The molecule has 0 fully saturated rings. The fourth-order valence-electron chi connectivity index (χ4n) is 2.60. The van der Waals surface area contributed by atoms with Crippen molar-refractivity contribution in [3.8, 4) is 0 Å². The minimum absolute atomic E-state index is 0.0535. The second-order valence-electron chi connectivity index (χ2n) is 7.43. The Morgan fingerprint density at radius 3 is 2.61 bits per heavy atom. The molecule has 9 heteroatoms. The van der Waals surface area contributed by atoms with E-state index in [4.69, 9.17) is 4.74 Å². The Balaban J connectivity index is 2.23. The number of hydrogen-bond donors (Lipinski definition) is 2. The number of carbonyl (C=O) groups excluding carboxylic acids is 2. The molecule has 0 spiro atoms. The monoisotopic (exact) mass is 406 g/mol. The van der Waals surface area contributed by atoms with Gasteiger partial charge in [-0.25, -0.2) is 9.78 Å². The molecule has 0 bridgehead atoms. The second-order valence-corrected chi connectivity index (χ2v) is 8.37. The average molecular weight is 407 g/mol. The van der Waals surface area contributed by atoms with Crippen molar-refractivity contribution in [3.63, 3.8) is 0 Å². The first-order valence-corrected chi connectivity index (χ1v) is 9.86. The quantitative estimate of drug-likeness (QED) is 0.564. The summed E-state index contributed by atoms with van der Waals surface area (Å²) in [5.74, 6) is -0.526. The lowest BCUT2D eigenvalue weighted by Crippen LogP contribution is -2.48. The van der Waals surface area contributed by atoms with E-state index >= 15 is 0 Å². The van der Waals surface area contributed by atoms with Crippen LogP contribution in [0.2, 0.25) is 0 Å². The highest BCUT2D eigenvalue weighted by atomic mass is 32.2. The fraction of sp³-hybridized carbons (Fsp3) is 0.474. The smallest absolute Gasteiger partial charge is 0.321 e. The third-order valence-electron chi connectivity index (χ3n) is 3.70. The maximum atomic E-state index is 12.9. The summed E-state index contributed by atoms with van der Waals surface area (Å²) in [4.78, 5) is 41.4. The molecule has 0 radical (unpaired) electrons. The molecule has 1 aromatic carbocycles. The molecule has 8 nitrogen and oxygen atoms in total. The SMILES string of the molecule is COCC(C)n1c(SCC(=O)NC(=O)NC(C)(C)C)nc2ccccc2c1=O. The number of para-hydroxylation sites is 1. The Bertz CT molecular complexity index is 920. The predicted octanol–water partition coefficient (Wildman–Crippen LogP) is 2.32. The summed E-state index contributed by atoms with van der Waals surface area (Å²) in [5.41, 5.74) is -0.0849. The van der Waals surface area contributed by atoms with Crippen LogP contribution in [-0.2, 0) is 9.53 Å². The van der Waals surface area contributed by atoms with Gasteiger partial charge in [-0.1, -0.05) is 23.9 Å². The first kappa shape index (κ1) is 21.9. The number of imide groups is 1. The first-order valence-electron chi connectivity index (χ1n) is 8.87. The van der Waals surface area contributed by atoms with Gasteiger partial charge in [0.2, 0.25) is 5.91 Å². The van der Waals surface area contributed by atoms with E-state index < -0.39 is 17.5 Å². The van der Waals surface area contributed by atoms with Crippen molar-refractivity contribution in [2.75, 3.05) is 19.5 Å². The lowest BCUT2D eigenvalue weighted by Gasteiger charge is -2.20. The van der Waals surface area contributed by atoms with E-state index in [0.717, 1.165) is 11.8 Å². The number of ether oxygens (including phenoxy) is 1. The molecule has 1 atom stereocenters. The maximum Gasteiger partial charge on any atom is 0.321 e. The highest BCUT2D eigenvalue weighted by Crippen LogP contribution is 2.21. The van der Waals surface area contributed by atoms with E-state index in [1.54, 1.807) is 31.4 Å². The number of fused-ring (bicyclic) bond motifs is 1. The normalized spacial score (nSPS) is 12.6. The van der Waals surface area contributed by atoms with Crippen molar-refractivity contribution >= 4 is 34.6 Å². The maximum absolute atomic E-state index is 12.9. The van der Waals surface area contributed by atoms with E-state index in [2.05, 4.69) is 15.6 Å². The number of nitrogens with one attached hydrogen (secondary N) is 2. The van der Waals surface area contributed by atoms with Gasteiger partial charge in [0.05, 0.1) is 29.3 Å². The molecular formula is C19H26N4O4S. The van der Waals surface area contributed by atoms with Crippen molar-refractivity contribution in [3.05, 3.63) is 34.6 Å². The molecule has 0 saturated heterocycles. The highest BCUT2D eigenvalue weighted by molar-refractivity contribution is 7.99. The lowest BCUT2D eigenvalue weighted by atomic mass is 10.1. The number of methoxy groups -OCH3 is 1. The molecule has 28 heavy (non-hydrogen) atoms. The number of hydrogen-bond acceptors (Lipinski definition) is 6. The van der Waals surface area contributed by atoms with Crippen molar-refractivity contribution < 1.29 is 14.3 Å². The van der Waals surface area contributed by atoms with Crippen LogP contribution in [0.3, 0.4) is 0 Å². The summed E-state index contributed by atoms with van der Waals surface area (Å²) in [6.45, 7) is 7.64. The lowest BCUT2D eigenvalue weighted by molar-refractivity contribution is -0.117. The summed E-state index contributed by atoms with van der Waals surface area (Å²) in [5, 5.41) is 5.85. The van der Waals surface area contributed by atoms with Crippen LogP contribution < -0.4 is 16.2 Å². The van der Waals surface area contributed by atoms with E-state index in [1.807, 2.05) is 27.7 Å². The van der Waals surface area contributed by atoms with Gasteiger partial charge in [0, 0.05) is 12.6 Å². The van der Waals surface area contributed by atoms with Crippen LogP contribution in [0.15, 0.2) is 34.2 Å². The topological polar surface area (TPSA) is 102 Å². The van der Waals surface area contributed by atoms with Gasteiger partial charge in [-0.3, -0.25) is 19.5 Å². The van der Waals surface area contributed by atoms with Gasteiger partial charge < -0.3 is 10.1 Å². The molecule has 2 N–H and O–H groups in total. The van der Waals surface area contributed by atoms with Gasteiger partial charge in [-0.2, -0.15) is 0 Å². The van der Waals surface area contributed by atoms with Crippen LogP contribution in [0, 0.1) is 0 Å². The summed E-state index contributed by atoms with van der Waals surface area (Å²) in [7, 11) is 1.56. The van der Waals surface area contributed by atoms with E-state index in [0.29, 0.717) is 22.7 Å². The molecule has 3 amide bonds. The molecule has 0 aliphatic carbocycles. The van der Waals surface area contributed by atoms with Crippen LogP contribution in [-0.4, -0.2) is 46.5 Å². The zero-order valence-corrected chi connectivity index (χ0v) is 17.6. The van der Waals surface area contributed by atoms with E-state index in [1.165, 1.54) is 4.57 Å². The number of benzene rings is 1. The summed E-state index contributed by atoms with van der Waals surface area (Å²) in [6.07, 6.45) is 0. The number of urea groups is 1. The second kappa shape index (κ2) is 9.20. The van der Waals surface area contributed by atoms with Gasteiger partial charge >= 0.3 is 6.03 Å². The third-order valence-corrected chi connectivity index (χ3v) is 4.65. The Morgan fingerprint density at radius 1 is 1.29 bits per heavy atom. The van der Waals surface area contributed by atoms with Crippen LogP contribution in [0.5, 0.6) is 0 Å². The van der Waals surface area contributed by atoms with Crippen molar-refractivity contribution in [1.29, 1.82) is 0 Å². The van der Waals surface area contributed by atoms with E-state index in [-0.39, 0.29) is 17.4 Å². The number of rotatable bonds is 6. The summed E-state index contributed by atoms with van der Waals surface area (Å²) < 4.78 is 6.70. The standard InChI is InChI=1S/C19H26N4O4S/c1-12(10-27-5)23-16(25)13-8-6-7-9-14(13)20-18(23)28-11-15(24)21-17(26)22-19(2,3)4/h6-9,12H,10-11H2,1-5H3,(H2,21,22,24,26). The number of amides is 3. The third kappa shape index (κ3) is 5.80. The summed E-state index contributed by atoms with van der Waals surface area (Å²) >= 11 is 1.10. The number of thioether (sulfide) groups is 1. The number of nitrogens with zero attached hydrogens (tertiary/aromatic N) is 2. The largest absolute Gasteiger partial charge is 0.383 e. The van der Waals surface area contributed by atoms with Gasteiger partial charge in [0.1, 0.15) is 0 Å². The molecule has 152 valence electrons. The van der Waals surface area contributed by atoms with Crippen LogP contribution in [0.1, 0.15) is 33.7 Å². The zero-order valence-electron chi connectivity index (χ0n) is 16.7. The molecule has 1 heterocycles. The molecule has 0 saturated carbocycles. The van der Waals surface area contributed by atoms with E-state index in [9.17, 15) is 14.4 Å². The molecule has 1 unspecified atom stereocenters. The molecule has 0 aliphatic heterocycles. The van der Waals surface area contributed by atoms with Crippen LogP contribution in [0.25, 0.3) is 10.9 Å². The molecule has 0 aliphatic rings. The predicted molar refractivity (Wildman–Crippen MR) is 110 cm³/mol. The molecule has 1 aromatic heterocycles. The van der Waals surface area contributed by atoms with Crippen LogP contribution in [0.4, 0.5) is 4.79 Å². The van der Waals surface area contributed by atoms with Gasteiger partial charge in [-0.15, -0.1) is 0 Å². The van der Waals surface area contributed by atoms with Crippen molar-refractivity contribution in [2.45, 2.75) is 44.4 Å². The minimum Gasteiger partial charge on any atom is -0.383 e. The number of carbonyl (C=O) groups is 2. The average Bonchev–Trinajstić information content (AvgIpc) is 2.58. The van der Waals surface area contributed by atoms with Crippen molar-refractivity contribution in [1.82, 2.24) is 20.2 Å². The summed E-state index contributed by atoms with van der Waals surface area (Å²) in [6, 6.07) is 6.24. The minimum atomic E-state index is -0.560. The first-order chi connectivity index (χ1) is 13.1. The Labute approximate surface area is 168 Å². The highest BCUT2D eigenvalue weighted by Gasteiger charge is 2.19. The Kier molecular flexibility index (Phi) is 7.20. The van der Waals surface area contributed by atoms with Crippen molar-refractivity contribution in [2.24, 2.45) is 0 Å². The Morgan fingerprint density at radius 2 is 1.96 bits per heavy atom. The van der Waals surface area contributed by atoms with Gasteiger partial charge in [-0.05, 0) is 39.8 Å². The molecule has 2 aromatic rings. The zero-order chi connectivity index (χ0) is 20.9. The Hall–Kier alpha value is -2.39. The van der Waals surface area contributed by atoms with Gasteiger partial charge in [0.25, 0.3) is 5.56 Å². The van der Waals surface area contributed by atoms with Gasteiger partial charge in [0.15, 0.2) is 5.16 Å². The number of aromatic nitrogens is 2. The van der Waals surface area contributed by atoms with Crippen LogP contribution >= 0.6 is 11.8 Å². The fourth-order valence-corrected chi connectivity index (χ4v) is 3.49.